The average molecular weight is 809 g/mol. The van der Waals surface area contributed by atoms with E-state index in [0.29, 0.717) is 22.4 Å². The molecule has 2 aliphatic heterocycles. The Morgan fingerprint density at radius 2 is 1.11 bits per heavy atom. The summed E-state index contributed by atoms with van der Waals surface area (Å²) in [6.07, 6.45) is -2.83. The predicted octanol–water partition coefficient (Wildman–Crippen LogP) is 4.02. The van der Waals surface area contributed by atoms with Crippen LogP contribution in [0.2, 0.25) is 0 Å². The van der Waals surface area contributed by atoms with Crippen LogP contribution in [0, 0.1) is 0 Å². The number of methoxy groups -OCH3 is 4. The van der Waals surface area contributed by atoms with Gasteiger partial charge in [-0.2, -0.15) is 16.8 Å². The number of Topliss-reactive ketones (excluding diaryl/α,β-unsaturated/α-hetero) is 2. The maximum atomic E-state index is 13.5. The molecule has 0 amide bonds. The summed E-state index contributed by atoms with van der Waals surface area (Å²) in [5.74, 6) is -4.44. The molecule has 0 saturated heterocycles. The monoisotopic (exact) mass is 808 g/mol. The van der Waals surface area contributed by atoms with Crippen LogP contribution in [-0.4, -0.2) is 56.8 Å². The highest BCUT2D eigenvalue weighted by Crippen LogP contribution is 2.45. The molecule has 4 N–H and O–H groups in total. The molecule has 18 heteroatoms. The number of ketones is 2. The minimum atomic E-state index is -4.48. The van der Waals surface area contributed by atoms with Crippen molar-refractivity contribution < 1.29 is 63.2 Å². The Balaban J connectivity index is 1.20. The molecule has 0 saturated carbocycles. The van der Waals surface area contributed by atoms with Crippen molar-refractivity contribution in [3.05, 3.63) is 130 Å². The quantitative estimate of drug-likeness (QED) is 0.162. The van der Waals surface area contributed by atoms with Crippen molar-refractivity contribution in [1.82, 2.24) is 0 Å². The van der Waals surface area contributed by atoms with Crippen molar-refractivity contribution in [2.45, 2.75) is 23.7 Å². The van der Waals surface area contributed by atoms with Gasteiger partial charge in [0, 0.05) is 5.56 Å². The highest BCUT2D eigenvalue weighted by Gasteiger charge is 2.43. The summed E-state index contributed by atoms with van der Waals surface area (Å²) in [7, 11) is -3.28. The van der Waals surface area contributed by atoms with Gasteiger partial charge in [-0.15, -0.1) is 0 Å². The lowest BCUT2D eigenvalue weighted by Gasteiger charge is -2.19. The molecule has 2 atom stereocenters. The summed E-state index contributed by atoms with van der Waals surface area (Å²) < 4.78 is 95.5. The van der Waals surface area contributed by atoms with Gasteiger partial charge in [0.15, 0.2) is 12.2 Å². The second-order valence-electron chi connectivity index (χ2n) is 12.3. The first-order valence-corrected chi connectivity index (χ1v) is 19.7. The maximum Gasteiger partial charge on any atom is 0.313 e. The van der Waals surface area contributed by atoms with E-state index in [0.717, 1.165) is 0 Å². The second-order valence-corrected chi connectivity index (χ2v) is 15.4. The highest BCUT2D eigenvalue weighted by atomic mass is 32.2. The molecule has 0 spiro atoms. The van der Waals surface area contributed by atoms with Crippen LogP contribution >= 0.6 is 0 Å². The molecule has 2 aliphatic rings. The Kier molecular flexibility index (Phi) is 11.1. The molecule has 0 fully saturated rings. The molecule has 2 unspecified atom stereocenters. The predicted molar refractivity (Wildman–Crippen MR) is 198 cm³/mol. The van der Waals surface area contributed by atoms with Crippen LogP contribution in [0.3, 0.4) is 0 Å². The van der Waals surface area contributed by atoms with Gasteiger partial charge in [-0.25, -0.2) is 0 Å². The second kappa shape index (κ2) is 15.8. The van der Waals surface area contributed by atoms with Crippen molar-refractivity contribution in [1.29, 1.82) is 0 Å². The molecule has 4 aromatic rings. The van der Waals surface area contributed by atoms with E-state index in [-0.39, 0.29) is 33.9 Å². The molecule has 4 aromatic carbocycles. The van der Waals surface area contributed by atoms with Crippen LogP contribution < -0.4 is 30.4 Å². The largest absolute Gasteiger partial charge is 0.497 e. The van der Waals surface area contributed by atoms with Crippen molar-refractivity contribution in [3.63, 3.8) is 0 Å². The van der Waals surface area contributed by atoms with E-state index in [9.17, 15) is 26.4 Å². The van der Waals surface area contributed by atoms with E-state index in [4.69, 9.17) is 48.3 Å². The van der Waals surface area contributed by atoms with Gasteiger partial charge >= 0.3 is 20.2 Å². The van der Waals surface area contributed by atoms with E-state index in [1.54, 1.807) is 72.8 Å². The number of benzene rings is 4. The number of carbonyl (C=O) groups excluding carboxylic acids is 2. The van der Waals surface area contributed by atoms with E-state index in [1.807, 2.05) is 0 Å². The third-order valence-corrected chi connectivity index (χ3v) is 10.8. The molecular formula is C38H36N2O14S2. The zero-order valence-electron chi connectivity index (χ0n) is 30.3. The summed E-state index contributed by atoms with van der Waals surface area (Å²) in [6.45, 7) is 0. The molecule has 16 nitrogen and oxygen atoms in total. The molecular weight excluding hydrogens is 773 g/mol. The van der Waals surface area contributed by atoms with Gasteiger partial charge in [0.1, 0.15) is 34.5 Å². The molecule has 294 valence electrons. The number of rotatable bonds is 15. The molecule has 0 radical (unpaired) electrons. The summed E-state index contributed by atoms with van der Waals surface area (Å²) in [4.78, 5) is 26.9. The van der Waals surface area contributed by atoms with Crippen LogP contribution in [0.25, 0.3) is 11.1 Å². The zero-order chi connectivity index (χ0) is 40.4. The van der Waals surface area contributed by atoms with Crippen LogP contribution in [0.4, 0.5) is 0 Å². The topological polar surface area (TPSA) is 228 Å². The summed E-state index contributed by atoms with van der Waals surface area (Å²) in [5.41, 5.74) is 13.9. The standard InChI is InChI=1S/C38H36N2O14S2/c1-47-25-13-14-27(48-2)26(18-25)33-31(41)35(37(39)51-33)53-56(45,46)20-22-11-8-12-23(15-22)24-16-28(49-3)30(29(17-24)50-4)34-32(42)36(38(40)52-34)54-55(43,44)19-21-9-6-5-7-10-21/h5-18,33-34H,19-20,39-40H2,1-4H3. The number of ether oxygens (including phenoxy) is 6. The van der Waals surface area contributed by atoms with Crippen molar-refractivity contribution in [3.8, 4) is 34.1 Å². The normalized spacial score (nSPS) is 17.0. The van der Waals surface area contributed by atoms with E-state index in [1.165, 1.54) is 40.6 Å². The summed E-state index contributed by atoms with van der Waals surface area (Å²) in [5, 5.41) is 0. The van der Waals surface area contributed by atoms with E-state index in [2.05, 4.69) is 0 Å². The van der Waals surface area contributed by atoms with Gasteiger partial charge in [-0.05, 0) is 58.7 Å². The summed E-state index contributed by atoms with van der Waals surface area (Å²) >= 11 is 0. The van der Waals surface area contributed by atoms with Gasteiger partial charge in [-0.3, -0.25) is 9.59 Å². The highest BCUT2D eigenvalue weighted by molar-refractivity contribution is 7.86. The maximum absolute atomic E-state index is 13.5. The van der Waals surface area contributed by atoms with Crippen molar-refractivity contribution in [2.75, 3.05) is 28.4 Å². The first kappa shape index (κ1) is 39.3. The third-order valence-electron chi connectivity index (χ3n) is 8.60. The minimum Gasteiger partial charge on any atom is -0.497 e. The zero-order valence-corrected chi connectivity index (χ0v) is 32.0. The van der Waals surface area contributed by atoms with Gasteiger partial charge in [0.05, 0.1) is 34.0 Å². The molecule has 2 heterocycles. The Morgan fingerprint density at radius 3 is 1.68 bits per heavy atom. The molecule has 6 rings (SSSR count). The first-order valence-electron chi connectivity index (χ1n) is 16.5. The number of hydrogen-bond acceptors (Lipinski definition) is 16. The minimum absolute atomic E-state index is 0.0945. The van der Waals surface area contributed by atoms with Crippen molar-refractivity contribution >= 4 is 31.8 Å². The van der Waals surface area contributed by atoms with Gasteiger partial charge < -0.3 is 48.3 Å². The lowest BCUT2D eigenvalue weighted by Crippen LogP contribution is -2.17. The lowest BCUT2D eigenvalue weighted by atomic mass is 9.97. The number of hydrogen-bond donors (Lipinski definition) is 2. The van der Waals surface area contributed by atoms with E-state index >= 15 is 0 Å². The van der Waals surface area contributed by atoms with Gasteiger partial charge in [0.2, 0.25) is 34.9 Å². The fourth-order valence-electron chi connectivity index (χ4n) is 6.05. The SMILES string of the molecule is COc1ccc(OC)c(C2OC(N)=C(OS(=O)(=O)Cc3cccc(-c4cc(OC)c(C5OC(N)=C(OS(=O)(=O)Cc6ccccc6)C5=O)c(OC)c4)c3)C2=O)c1. The fraction of sp³-hybridized carbons (Fsp3) is 0.211. The Labute approximate surface area is 322 Å². The summed E-state index contributed by atoms with van der Waals surface area (Å²) in [6, 6.07) is 22.4. The van der Waals surface area contributed by atoms with Gasteiger partial charge in [0.25, 0.3) is 0 Å². The third kappa shape index (κ3) is 8.15. The van der Waals surface area contributed by atoms with Crippen molar-refractivity contribution in [2.24, 2.45) is 11.5 Å². The van der Waals surface area contributed by atoms with Crippen LogP contribution in [0.5, 0.6) is 23.0 Å². The molecule has 0 aliphatic carbocycles. The number of carbonyl (C=O) groups is 2. The molecule has 56 heavy (non-hydrogen) atoms. The van der Waals surface area contributed by atoms with Crippen LogP contribution in [-0.2, 0) is 59.2 Å². The lowest BCUT2D eigenvalue weighted by molar-refractivity contribution is -0.123. The first-order chi connectivity index (χ1) is 26.7. The van der Waals surface area contributed by atoms with Gasteiger partial charge in [-0.1, -0.05) is 48.5 Å². The Morgan fingerprint density at radius 1 is 0.571 bits per heavy atom. The fourth-order valence-corrected chi connectivity index (χ4v) is 8.19. The molecule has 0 aromatic heterocycles. The smallest absolute Gasteiger partial charge is 0.313 e. The molecule has 0 bridgehead atoms. The van der Waals surface area contributed by atoms with Crippen LogP contribution in [0.1, 0.15) is 34.5 Å². The Hall–Kier alpha value is -6.40. The average Bonchev–Trinajstić information content (AvgIpc) is 3.61. The Bertz CT molecular complexity index is 2460. The van der Waals surface area contributed by atoms with Crippen LogP contribution in [0.15, 0.2) is 108 Å². The van der Waals surface area contributed by atoms with E-state index < -0.39 is 78.8 Å². The number of nitrogens with two attached hydrogens (primary N) is 2.